The van der Waals surface area contributed by atoms with Crippen molar-refractivity contribution in [2.75, 3.05) is 11.1 Å². The average Bonchev–Trinajstić information content (AvgIpc) is 2.66. The van der Waals surface area contributed by atoms with Crippen molar-refractivity contribution in [3.63, 3.8) is 0 Å². The lowest BCUT2D eigenvalue weighted by Crippen LogP contribution is -2.22. The number of Topliss-reactive ketones (excluding diaryl/α,β-unsaturated/α-hetero) is 1. The van der Waals surface area contributed by atoms with Gasteiger partial charge in [0.2, 0.25) is 11.7 Å². The zero-order valence-corrected chi connectivity index (χ0v) is 15.4. The molecule has 0 atom stereocenters. The van der Waals surface area contributed by atoms with Gasteiger partial charge in [-0.05, 0) is 24.5 Å². The van der Waals surface area contributed by atoms with Crippen LogP contribution in [0.1, 0.15) is 38.5 Å². The molecule has 0 saturated carbocycles. The molecule has 2 aromatic rings. The molecule has 3 N–H and O–H groups in total. The number of nitrogens with one attached hydrogen (secondary N) is 1. The van der Waals surface area contributed by atoms with Crippen LogP contribution in [0.5, 0.6) is 0 Å². The second-order valence-corrected chi connectivity index (χ2v) is 6.52. The van der Waals surface area contributed by atoms with Crippen LogP contribution < -0.4 is 11.1 Å². The van der Waals surface area contributed by atoms with Gasteiger partial charge in [0, 0.05) is 18.4 Å². The predicted octanol–water partition coefficient (Wildman–Crippen LogP) is 5.35. The Balaban J connectivity index is 1.77. The minimum atomic E-state index is -4.76. The maximum atomic E-state index is 12.1. The topological polar surface area (TPSA) is 72.2 Å². The molecule has 0 aliphatic rings. The number of para-hydroxylation sites is 1. The van der Waals surface area contributed by atoms with Crippen molar-refractivity contribution < 1.29 is 22.8 Å². The molecular formula is C21H23F3N2O2. The number of hydrogen-bond acceptors (Lipinski definition) is 3. The number of amides is 1. The van der Waals surface area contributed by atoms with Crippen LogP contribution in [0.4, 0.5) is 24.5 Å². The van der Waals surface area contributed by atoms with Gasteiger partial charge in [-0.15, -0.1) is 0 Å². The van der Waals surface area contributed by atoms with Gasteiger partial charge in [0.1, 0.15) is 0 Å². The Morgan fingerprint density at radius 2 is 1.50 bits per heavy atom. The van der Waals surface area contributed by atoms with Gasteiger partial charge in [-0.25, -0.2) is 0 Å². The predicted molar refractivity (Wildman–Crippen MR) is 104 cm³/mol. The van der Waals surface area contributed by atoms with E-state index in [4.69, 9.17) is 5.73 Å². The van der Waals surface area contributed by atoms with E-state index in [1.54, 1.807) is 6.07 Å². The molecule has 0 heterocycles. The summed E-state index contributed by atoms with van der Waals surface area (Å²) < 4.78 is 36.3. The SMILES string of the molecule is Nc1c(NC(=O)CCCCCCC(=O)C(F)(F)F)cccc1-c1ccccc1. The summed E-state index contributed by atoms with van der Waals surface area (Å²) >= 11 is 0. The van der Waals surface area contributed by atoms with Gasteiger partial charge in [-0.1, -0.05) is 55.3 Å². The van der Waals surface area contributed by atoms with Crippen molar-refractivity contribution >= 4 is 23.1 Å². The molecule has 0 aliphatic carbocycles. The van der Waals surface area contributed by atoms with Crippen LogP contribution in [-0.4, -0.2) is 17.9 Å². The number of ketones is 1. The van der Waals surface area contributed by atoms with Crippen molar-refractivity contribution in [3.8, 4) is 11.1 Å². The summed E-state index contributed by atoms with van der Waals surface area (Å²) in [6.07, 6.45) is -3.26. The number of anilines is 2. The number of alkyl halides is 3. The Kier molecular flexibility index (Phi) is 7.61. The van der Waals surface area contributed by atoms with E-state index in [1.165, 1.54) is 0 Å². The number of nitrogens with two attached hydrogens (primary N) is 1. The molecule has 28 heavy (non-hydrogen) atoms. The lowest BCUT2D eigenvalue weighted by Gasteiger charge is -2.12. The number of rotatable bonds is 9. The molecule has 2 aromatic carbocycles. The minimum Gasteiger partial charge on any atom is -0.397 e. The van der Waals surface area contributed by atoms with Gasteiger partial charge in [0.05, 0.1) is 11.4 Å². The summed E-state index contributed by atoms with van der Waals surface area (Å²) in [7, 11) is 0. The van der Waals surface area contributed by atoms with Crippen LogP contribution in [0.2, 0.25) is 0 Å². The summed E-state index contributed by atoms with van der Waals surface area (Å²) in [5, 5.41) is 2.78. The monoisotopic (exact) mass is 392 g/mol. The Bertz CT molecular complexity index is 805. The molecule has 0 radical (unpaired) electrons. The summed E-state index contributed by atoms with van der Waals surface area (Å²) in [5.41, 5.74) is 8.97. The highest BCUT2D eigenvalue weighted by Crippen LogP contribution is 2.31. The Morgan fingerprint density at radius 1 is 0.857 bits per heavy atom. The first-order valence-corrected chi connectivity index (χ1v) is 9.13. The number of halogens is 3. The zero-order valence-electron chi connectivity index (χ0n) is 15.4. The smallest absolute Gasteiger partial charge is 0.397 e. The van der Waals surface area contributed by atoms with E-state index in [-0.39, 0.29) is 18.7 Å². The fourth-order valence-electron chi connectivity index (χ4n) is 2.82. The highest BCUT2D eigenvalue weighted by molar-refractivity contribution is 5.97. The van der Waals surface area contributed by atoms with Crippen LogP contribution in [0.25, 0.3) is 11.1 Å². The molecule has 0 unspecified atom stereocenters. The molecule has 4 nitrogen and oxygen atoms in total. The first-order valence-electron chi connectivity index (χ1n) is 9.13. The Hall–Kier alpha value is -2.83. The van der Waals surface area contributed by atoms with Gasteiger partial charge in [-0.2, -0.15) is 13.2 Å². The van der Waals surface area contributed by atoms with Crippen LogP contribution in [0.15, 0.2) is 48.5 Å². The van der Waals surface area contributed by atoms with E-state index >= 15 is 0 Å². The van der Waals surface area contributed by atoms with Gasteiger partial charge in [0.15, 0.2) is 0 Å². The lowest BCUT2D eigenvalue weighted by molar-refractivity contribution is -0.171. The van der Waals surface area contributed by atoms with E-state index in [1.807, 2.05) is 42.5 Å². The van der Waals surface area contributed by atoms with Crippen molar-refractivity contribution in [2.24, 2.45) is 0 Å². The maximum Gasteiger partial charge on any atom is 0.449 e. The van der Waals surface area contributed by atoms with Gasteiger partial charge < -0.3 is 11.1 Å². The molecule has 0 fully saturated rings. The number of carbonyl (C=O) groups is 2. The number of nitrogen functional groups attached to an aromatic ring is 1. The quantitative estimate of drug-likeness (QED) is 0.447. The van der Waals surface area contributed by atoms with Gasteiger partial charge in [-0.3, -0.25) is 9.59 Å². The maximum absolute atomic E-state index is 12.1. The van der Waals surface area contributed by atoms with Crippen molar-refractivity contribution in [3.05, 3.63) is 48.5 Å². The number of hydrogen-bond donors (Lipinski definition) is 2. The van der Waals surface area contributed by atoms with Crippen LogP contribution in [-0.2, 0) is 9.59 Å². The number of carbonyl (C=O) groups excluding carboxylic acids is 2. The Morgan fingerprint density at radius 3 is 2.14 bits per heavy atom. The van der Waals surface area contributed by atoms with E-state index in [0.717, 1.165) is 11.1 Å². The van der Waals surface area contributed by atoms with Crippen LogP contribution in [0, 0.1) is 0 Å². The number of unbranched alkanes of at least 4 members (excludes halogenated alkanes) is 3. The van der Waals surface area contributed by atoms with E-state index in [2.05, 4.69) is 5.32 Å². The van der Waals surface area contributed by atoms with Gasteiger partial charge >= 0.3 is 6.18 Å². The third-order valence-corrected chi connectivity index (χ3v) is 4.34. The fraction of sp³-hybridized carbons (Fsp3) is 0.333. The highest BCUT2D eigenvalue weighted by atomic mass is 19.4. The second-order valence-electron chi connectivity index (χ2n) is 6.52. The van der Waals surface area contributed by atoms with Crippen molar-refractivity contribution in [2.45, 2.75) is 44.7 Å². The minimum absolute atomic E-state index is 0.173. The fourth-order valence-corrected chi connectivity index (χ4v) is 2.82. The molecule has 0 aromatic heterocycles. The average molecular weight is 392 g/mol. The Labute approximate surface area is 161 Å². The molecule has 1 amide bonds. The molecule has 0 bridgehead atoms. The standard InChI is InChI=1S/C21H23F3N2O2/c22-21(23,24)18(27)13-6-1-2-7-14-19(28)26-17-12-8-11-16(20(17)25)15-9-4-3-5-10-15/h3-5,8-12H,1-2,6-7,13-14,25H2,(H,26,28). The van der Waals surface area contributed by atoms with E-state index < -0.39 is 18.4 Å². The van der Waals surface area contributed by atoms with Gasteiger partial charge in [0.25, 0.3) is 0 Å². The number of benzene rings is 2. The second kappa shape index (κ2) is 9.92. The first kappa shape index (κ1) is 21.5. The molecule has 7 heteroatoms. The van der Waals surface area contributed by atoms with Crippen molar-refractivity contribution in [1.29, 1.82) is 0 Å². The molecule has 0 saturated heterocycles. The van der Waals surface area contributed by atoms with E-state index in [0.29, 0.717) is 30.6 Å². The molecule has 2 rings (SSSR count). The normalized spacial score (nSPS) is 11.2. The van der Waals surface area contributed by atoms with Crippen LogP contribution >= 0.6 is 0 Å². The third kappa shape index (κ3) is 6.40. The molecule has 150 valence electrons. The lowest BCUT2D eigenvalue weighted by atomic mass is 10.0. The summed E-state index contributed by atoms with van der Waals surface area (Å²) in [5.74, 6) is -1.90. The summed E-state index contributed by atoms with van der Waals surface area (Å²) in [6, 6.07) is 15.0. The summed E-state index contributed by atoms with van der Waals surface area (Å²) in [6.45, 7) is 0. The molecular weight excluding hydrogens is 369 g/mol. The summed E-state index contributed by atoms with van der Waals surface area (Å²) in [4.78, 5) is 22.9. The van der Waals surface area contributed by atoms with Crippen LogP contribution in [0.3, 0.4) is 0 Å². The molecule has 0 aliphatic heterocycles. The third-order valence-electron chi connectivity index (χ3n) is 4.34. The van der Waals surface area contributed by atoms with Crippen molar-refractivity contribution in [1.82, 2.24) is 0 Å². The van der Waals surface area contributed by atoms with E-state index in [9.17, 15) is 22.8 Å². The first-order chi connectivity index (χ1) is 13.3. The molecule has 0 spiro atoms. The zero-order chi connectivity index (χ0) is 20.6. The largest absolute Gasteiger partial charge is 0.449 e. The highest BCUT2D eigenvalue weighted by Gasteiger charge is 2.36.